The van der Waals surface area contributed by atoms with Crippen molar-refractivity contribution in [2.24, 2.45) is 5.73 Å². The number of hydrogen-bond acceptors (Lipinski definition) is 4. The van der Waals surface area contributed by atoms with Gasteiger partial charge in [0.05, 0.1) is 0 Å². The van der Waals surface area contributed by atoms with E-state index >= 15 is 0 Å². The van der Waals surface area contributed by atoms with Crippen molar-refractivity contribution in [3.05, 3.63) is 46.5 Å². The highest BCUT2D eigenvalue weighted by atomic mass is 32.1. The minimum atomic E-state index is -0.220. The van der Waals surface area contributed by atoms with Crippen LogP contribution in [0.15, 0.2) is 30.5 Å². The summed E-state index contributed by atoms with van der Waals surface area (Å²) < 4.78 is 0. The summed E-state index contributed by atoms with van der Waals surface area (Å²) in [5, 5.41) is 3.31. The number of carbonyl (C=O) groups is 1. The number of rotatable bonds is 3. The molecule has 0 aliphatic carbocycles. The first-order valence-corrected chi connectivity index (χ1v) is 6.42. The highest BCUT2D eigenvalue weighted by molar-refractivity contribution is 7.80. The number of carbonyl (C=O) groups excluding carboxylic acids is 1. The quantitative estimate of drug-likeness (QED) is 0.845. The average Bonchev–Trinajstić information content (AvgIpc) is 2.75. The van der Waals surface area contributed by atoms with Crippen LogP contribution in [0.4, 0.5) is 5.13 Å². The van der Waals surface area contributed by atoms with E-state index in [1.54, 1.807) is 30.5 Å². The number of aryl methyl sites for hydroxylation is 1. The van der Waals surface area contributed by atoms with Crippen LogP contribution in [-0.2, 0) is 0 Å². The summed E-state index contributed by atoms with van der Waals surface area (Å²) in [4.78, 5) is 17.4. The van der Waals surface area contributed by atoms with E-state index in [-0.39, 0.29) is 10.9 Å². The summed E-state index contributed by atoms with van der Waals surface area (Å²) in [5.41, 5.74) is 6.71. The third kappa shape index (κ3) is 2.91. The van der Waals surface area contributed by atoms with Crippen molar-refractivity contribution in [1.29, 1.82) is 0 Å². The fourth-order valence-corrected chi connectivity index (χ4v) is 2.18. The predicted molar refractivity (Wildman–Crippen MR) is 77.1 cm³/mol. The molecule has 0 aliphatic rings. The number of aromatic nitrogens is 1. The van der Waals surface area contributed by atoms with Gasteiger partial charge in [-0.2, -0.15) is 0 Å². The zero-order valence-corrected chi connectivity index (χ0v) is 11.3. The Bertz CT molecular complexity index is 607. The van der Waals surface area contributed by atoms with Gasteiger partial charge >= 0.3 is 0 Å². The summed E-state index contributed by atoms with van der Waals surface area (Å²) >= 11 is 6.30. The number of amides is 1. The molecule has 0 radical (unpaired) electrons. The molecule has 1 aromatic carbocycles. The lowest BCUT2D eigenvalue weighted by Gasteiger charge is -2.03. The Hall–Kier alpha value is -1.79. The molecule has 6 heteroatoms. The molecule has 0 bridgehead atoms. The third-order valence-corrected chi connectivity index (χ3v) is 3.31. The molecule has 1 aromatic heterocycles. The Kier molecular flexibility index (Phi) is 3.69. The highest BCUT2D eigenvalue weighted by Gasteiger charge is 2.09. The standard InChI is InChI=1S/C12H11N3OS2/c1-7-6-14-12(18-7)15-11(16)9-4-2-3-8(5-9)10(13)17/h2-6H,1H3,(H2,13,17)(H,14,15,16). The van der Waals surface area contributed by atoms with Crippen molar-refractivity contribution in [3.8, 4) is 0 Å². The average molecular weight is 277 g/mol. The van der Waals surface area contributed by atoms with Gasteiger partial charge in [-0.25, -0.2) is 4.98 Å². The second kappa shape index (κ2) is 5.24. The van der Waals surface area contributed by atoms with Crippen LogP contribution < -0.4 is 11.1 Å². The molecule has 92 valence electrons. The predicted octanol–water partition coefficient (Wildman–Crippen LogP) is 2.34. The topological polar surface area (TPSA) is 68.0 Å². The van der Waals surface area contributed by atoms with Gasteiger partial charge in [0.1, 0.15) is 4.99 Å². The molecule has 1 heterocycles. The minimum Gasteiger partial charge on any atom is -0.389 e. The monoisotopic (exact) mass is 277 g/mol. The number of thiocarbonyl (C=S) groups is 1. The van der Waals surface area contributed by atoms with Crippen LogP contribution in [0, 0.1) is 6.92 Å². The maximum atomic E-state index is 12.0. The van der Waals surface area contributed by atoms with Crippen LogP contribution in [0.2, 0.25) is 0 Å². The summed E-state index contributed by atoms with van der Waals surface area (Å²) in [7, 11) is 0. The van der Waals surface area contributed by atoms with E-state index in [0.717, 1.165) is 4.88 Å². The van der Waals surface area contributed by atoms with Crippen LogP contribution in [-0.4, -0.2) is 15.9 Å². The largest absolute Gasteiger partial charge is 0.389 e. The molecule has 0 saturated carbocycles. The Morgan fingerprint density at radius 2 is 2.17 bits per heavy atom. The zero-order chi connectivity index (χ0) is 13.1. The number of thiazole rings is 1. The smallest absolute Gasteiger partial charge is 0.257 e. The molecule has 0 saturated heterocycles. The summed E-state index contributed by atoms with van der Waals surface area (Å²) in [6.45, 7) is 1.93. The van der Waals surface area contributed by atoms with Crippen LogP contribution in [0.5, 0.6) is 0 Å². The van der Waals surface area contributed by atoms with Crippen LogP contribution >= 0.6 is 23.6 Å². The second-order valence-electron chi connectivity index (χ2n) is 3.68. The molecule has 0 fully saturated rings. The zero-order valence-electron chi connectivity index (χ0n) is 9.64. The van der Waals surface area contributed by atoms with Gasteiger partial charge in [-0.05, 0) is 19.1 Å². The molecule has 0 unspecified atom stereocenters. The second-order valence-corrected chi connectivity index (χ2v) is 5.35. The number of anilines is 1. The lowest BCUT2D eigenvalue weighted by molar-refractivity contribution is 0.102. The Morgan fingerprint density at radius 3 is 2.78 bits per heavy atom. The number of nitrogens with two attached hydrogens (primary N) is 1. The molecular weight excluding hydrogens is 266 g/mol. The molecule has 0 spiro atoms. The van der Waals surface area contributed by atoms with Crippen LogP contribution in [0.3, 0.4) is 0 Å². The van der Waals surface area contributed by atoms with Gasteiger partial charge in [0.15, 0.2) is 5.13 Å². The van der Waals surface area contributed by atoms with Crippen molar-refractivity contribution in [1.82, 2.24) is 4.98 Å². The van der Waals surface area contributed by atoms with Crippen molar-refractivity contribution in [3.63, 3.8) is 0 Å². The number of benzene rings is 1. The van der Waals surface area contributed by atoms with E-state index in [1.807, 2.05) is 6.92 Å². The van der Waals surface area contributed by atoms with Crippen molar-refractivity contribution < 1.29 is 4.79 Å². The molecule has 2 aromatic rings. The minimum absolute atomic E-state index is 0.220. The Labute approximate surface area is 114 Å². The van der Waals surface area contributed by atoms with E-state index in [1.165, 1.54) is 11.3 Å². The number of hydrogen-bond donors (Lipinski definition) is 2. The van der Waals surface area contributed by atoms with E-state index in [4.69, 9.17) is 18.0 Å². The molecule has 0 aliphatic heterocycles. The molecule has 1 amide bonds. The van der Waals surface area contributed by atoms with Gasteiger partial charge in [0.2, 0.25) is 0 Å². The maximum absolute atomic E-state index is 12.0. The van der Waals surface area contributed by atoms with Crippen molar-refractivity contribution in [2.45, 2.75) is 6.92 Å². The molecule has 18 heavy (non-hydrogen) atoms. The van der Waals surface area contributed by atoms with Gasteiger partial charge < -0.3 is 5.73 Å². The summed E-state index contributed by atoms with van der Waals surface area (Å²) in [5.74, 6) is -0.220. The maximum Gasteiger partial charge on any atom is 0.257 e. The van der Waals surface area contributed by atoms with Gasteiger partial charge in [-0.3, -0.25) is 10.1 Å². The first kappa shape index (κ1) is 12.7. The first-order valence-electron chi connectivity index (χ1n) is 5.20. The number of nitrogens with zero attached hydrogens (tertiary/aromatic N) is 1. The molecular formula is C12H11N3OS2. The fourth-order valence-electron chi connectivity index (χ4n) is 1.40. The molecule has 2 rings (SSSR count). The van der Waals surface area contributed by atoms with Gasteiger partial charge in [-0.1, -0.05) is 24.4 Å². The van der Waals surface area contributed by atoms with Gasteiger partial charge in [-0.15, -0.1) is 11.3 Å². The Morgan fingerprint density at radius 1 is 1.44 bits per heavy atom. The van der Waals surface area contributed by atoms with Crippen molar-refractivity contribution >= 4 is 39.6 Å². The number of nitrogens with one attached hydrogen (secondary N) is 1. The SMILES string of the molecule is Cc1cnc(NC(=O)c2cccc(C(N)=S)c2)s1. The first-order chi connectivity index (χ1) is 8.56. The molecule has 3 N–H and O–H groups in total. The van der Waals surface area contributed by atoms with Gasteiger partial charge in [0.25, 0.3) is 5.91 Å². The fraction of sp³-hybridized carbons (Fsp3) is 0.0833. The Balaban J connectivity index is 2.18. The van der Waals surface area contributed by atoms with Crippen LogP contribution in [0.1, 0.15) is 20.8 Å². The highest BCUT2D eigenvalue weighted by Crippen LogP contribution is 2.17. The van der Waals surface area contributed by atoms with E-state index in [0.29, 0.717) is 16.3 Å². The summed E-state index contributed by atoms with van der Waals surface area (Å²) in [6, 6.07) is 6.89. The summed E-state index contributed by atoms with van der Waals surface area (Å²) in [6.07, 6.45) is 1.71. The molecule has 0 atom stereocenters. The van der Waals surface area contributed by atoms with Gasteiger partial charge in [0, 0.05) is 22.2 Å². The molecule has 4 nitrogen and oxygen atoms in total. The van der Waals surface area contributed by atoms with E-state index in [2.05, 4.69) is 10.3 Å². The van der Waals surface area contributed by atoms with Crippen LogP contribution in [0.25, 0.3) is 0 Å². The normalized spacial score (nSPS) is 10.1. The lowest BCUT2D eigenvalue weighted by atomic mass is 10.1. The van der Waals surface area contributed by atoms with E-state index < -0.39 is 0 Å². The lowest BCUT2D eigenvalue weighted by Crippen LogP contribution is -2.14. The van der Waals surface area contributed by atoms with E-state index in [9.17, 15) is 4.79 Å². The third-order valence-electron chi connectivity index (χ3n) is 2.25. The van der Waals surface area contributed by atoms with Crippen molar-refractivity contribution in [2.75, 3.05) is 5.32 Å².